The van der Waals surface area contributed by atoms with Crippen LogP contribution in [-0.4, -0.2) is 21.0 Å². The van der Waals surface area contributed by atoms with Crippen molar-refractivity contribution >= 4 is 0 Å². The molecule has 1 fully saturated rings. The second-order valence-electron chi connectivity index (χ2n) is 5.66. The van der Waals surface area contributed by atoms with E-state index in [9.17, 15) is 0 Å². The van der Waals surface area contributed by atoms with Gasteiger partial charge in [-0.05, 0) is 37.8 Å². The summed E-state index contributed by atoms with van der Waals surface area (Å²) in [5.41, 5.74) is 5.00. The monoisotopic (exact) mass is 270 g/mol. The molecule has 1 aliphatic carbocycles. The van der Waals surface area contributed by atoms with E-state index < -0.39 is 0 Å². The molecule has 0 bridgehead atoms. The molecule has 0 unspecified atom stereocenters. The lowest BCUT2D eigenvalue weighted by molar-refractivity contribution is 0.583. The summed E-state index contributed by atoms with van der Waals surface area (Å²) in [4.78, 5) is 0. The maximum absolute atomic E-state index is 4.21. The maximum atomic E-state index is 4.21. The molecule has 0 amide bonds. The van der Waals surface area contributed by atoms with Crippen LogP contribution in [0.1, 0.15) is 37.3 Å². The van der Waals surface area contributed by atoms with Gasteiger partial charge in [0.1, 0.15) is 0 Å². The number of hydrogen-bond acceptors (Lipinski definition) is 3. The largest absolute Gasteiger partial charge is 0.310 e. The number of aromatic nitrogens is 3. The van der Waals surface area contributed by atoms with E-state index in [1.165, 1.54) is 29.5 Å². The number of rotatable bonds is 6. The molecule has 1 aliphatic rings. The summed E-state index contributed by atoms with van der Waals surface area (Å²) in [6.45, 7) is 6.14. The van der Waals surface area contributed by atoms with Gasteiger partial charge in [-0.1, -0.05) is 29.8 Å². The molecule has 0 radical (unpaired) electrons. The van der Waals surface area contributed by atoms with Gasteiger partial charge in [-0.2, -0.15) is 0 Å². The minimum Gasteiger partial charge on any atom is -0.310 e. The lowest BCUT2D eigenvalue weighted by Gasteiger charge is -2.12. The number of benzene rings is 1. The highest BCUT2D eigenvalue weighted by atomic mass is 15.4. The highest BCUT2D eigenvalue weighted by Crippen LogP contribution is 2.26. The molecule has 4 nitrogen and oxygen atoms in total. The van der Waals surface area contributed by atoms with Crippen LogP contribution in [0.5, 0.6) is 0 Å². The van der Waals surface area contributed by atoms with E-state index in [-0.39, 0.29) is 0 Å². The van der Waals surface area contributed by atoms with Gasteiger partial charge in [0.05, 0.1) is 11.9 Å². The fourth-order valence-corrected chi connectivity index (χ4v) is 2.47. The van der Waals surface area contributed by atoms with Crippen molar-refractivity contribution in [1.29, 1.82) is 0 Å². The summed E-state index contributed by atoms with van der Waals surface area (Å²) in [7, 11) is 0. The van der Waals surface area contributed by atoms with Crippen LogP contribution in [0.25, 0.3) is 11.3 Å². The Balaban J connectivity index is 1.92. The third-order valence-corrected chi connectivity index (χ3v) is 3.75. The molecule has 0 spiro atoms. The van der Waals surface area contributed by atoms with Gasteiger partial charge in [0.15, 0.2) is 0 Å². The van der Waals surface area contributed by atoms with Gasteiger partial charge in [0.25, 0.3) is 0 Å². The van der Waals surface area contributed by atoms with Gasteiger partial charge in [-0.25, -0.2) is 4.68 Å². The number of nitrogens with one attached hydrogen (secondary N) is 1. The predicted octanol–water partition coefficient (Wildman–Crippen LogP) is 2.92. The SMILES string of the molecule is CCCn1nncc1-c1cc(C)ccc1CNC1CC1. The van der Waals surface area contributed by atoms with Crippen LogP contribution < -0.4 is 5.32 Å². The van der Waals surface area contributed by atoms with Crippen LogP contribution in [0.3, 0.4) is 0 Å². The molecule has 1 saturated carbocycles. The third-order valence-electron chi connectivity index (χ3n) is 3.75. The predicted molar refractivity (Wildman–Crippen MR) is 80.3 cm³/mol. The highest BCUT2D eigenvalue weighted by molar-refractivity contribution is 5.64. The Morgan fingerprint density at radius 1 is 1.35 bits per heavy atom. The molecule has 1 aromatic heterocycles. The Morgan fingerprint density at radius 2 is 2.20 bits per heavy atom. The second kappa shape index (κ2) is 5.75. The van der Waals surface area contributed by atoms with E-state index in [2.05, 4.69) is 47.7 Å². The van der Waals surface area contributed by atoms with Crippen LogP contribution in [0.15, 0.2) is 24.4 Å². The summed E-state index contributed by atoms with van der Waals surface area (Å²) in [6.07, 6.45) is 5.58. The Kier molecular flexibility index (Phi) is 3.83. The molecule has 0 atom stereocenters. The van der Waals surface area contributed by atoms with Gasteiger partial charge < -0.3 is 5.32 Å². The molecule has 1 N–H and O–H groups in total. The van der Waals surface area contributed by atoms with Crippen molar-refractivity contribution in [3.05, 3.63) is 35.5 Å². The molecule has 106 valence electrons. The highest BCUT2D eigenvalue weighted by Gasteiger charge is 2.21. The van der Waals surface area contributed by atoms with E-state index in [1.807, 2.05) is 10.9 Å². The van der Waals surface area contributed by atoms with Crippen molar-refractivity contribution in [2.24, 2.45) is 0 Å². The molecule has 2 aromatic rings. The van der Waals surface area contributed by atoms with Crippen molar-refractivity contribution in [3.8, 4) is 11.3 Å². The van der Waals surface area contributed by atoms with E-state index in [1.54, 1.807) is 0 Å². The molecule has 3 rings (SSSR count). The number of nitrogens with zero attached hydrogens (tertiary/aromatic N) is 3. The van der Waals surface area contributed by atoms with Crippen LogP contribution in [0.4, 0.5) is 0 Å². The first kappa shape index (κ1) is 13.3. The lowest BCUT2D eigenvalue weighted by atomic mass is 10.0. The lowest BCUT2D eigenvalue weighted by Crippen LogP contribution is -2.16. The molecule has 1 heterocycles. The number of hydrogen-bond donors (Lipinski definition) is 1. The normalized spacial score (nSPS) is 14.7. The van der Waals surface area contributed by atoms with Gasteiger partial charge in [0.2, 0.25) is 0 Å². The zero-order valence-corrected chi connectivity index (χ0v) is 12.3. The minimum atomic E-state index is 0.725. The van der Waals surface area contributed by atoms with Crippen LogP contribution >= 0.6 is 0 Å². The molecular weight excluding hydrogens is 248 g/mol. The van der Waals surface area contributed by atoms with Gasteiger partial charge in [-0.15, -0.1) is 5.10 Å². The van der Waals surface area contributed by atoms with Gasteiger partial charge >= 0.3 is 0 Å². The van der Waals surface area contributed by atoms with E-state index >= 15 is 0 Å². The average molecular weight is 270 g/mol. The quantitative estimate of drug-likeness (QED) is 0.877. The fraction of sp³-hybridized carbons (Fsp3) is 0.500. The molecule has 0 saturated heterocycles. The molecule has 0 aliphatic heterocycles. The molecule has 4 heteroatoms. The molecule has 1 aromatic carbocycles. The summed E-state index contributed by atoms with van der Waals surface area (Å²) < 4.78 is 2.01. The van der Waals surface area contributed by atoms with Crippen molar-refractivity contribution in [3.63, 3.8) is 0 Å². The van der Waals surface area contributed by atoms with Crippen LogP contribution in [0, 0.1) is 6.92 Å². The van der Waals surface area contributed by atoms with Gasteiger partial charge in [-0.3, -0.25) is 0 Å². The van der Waals surface area contributed by atoms with Gasteiger partial charge in [0, 0.05) is 24.7 Å². The van der Waals surface area contributed by atoms with Crippen LogP contribution in [0.2, 0.25) is 0 Å². The molecule has 20 heavy (non-hydrogen) atoms. The second-order valence-corrected chi connectivity index (χ2v) is 5.66. The van der Waals surface area contributed by atoms with E-state index in [0.717, 1.165) is 31.2 Å². The molecular formula is C16H22N4. The maximum Gasteiger partial charge on any atom is 0.0888 e. The zero-order chi connectivity index (χ0) is 13.9. The van der Waals surface area contributed by atoms with E-state index in [4.69, 9.17) is 0 Å². The minimum absolute atomic E-state index is 0.725. The van der Waals surface area contributed by atoms with Crippen molar-refractivity contribution in [2.45, 2.75) is 52.2 Å². The van der Waals surface area contributed by atoms with E-state index in [0.29, 0.717) is 0 Å². The third kappa shape index (κ3) is 2.90. The summed E-state index contributed by atoms with van der Waals surface area (Å²) in [5, 5.41) is 11.9. The first-order chi connectivity index (χ1) is 9.78. The summed E-state index contributed by atoms with van der Waals surface area (Å²) in [6, 6.07) is 7.38. The summed E-state index contributed by atoms with van der Waals surface area (Å²) in [5.74, 6) is 0. The fourth-order valence-electron chi connectivity index (χ4n) is 2.47. The zero-order valence-electron chi connectivity index (χ0n) is 12.3. The van der Waals surface area contributed by atoms with Crippen LogP contribution in [-0.2, 0) is 13.1 Å². The Morgan fingerprint density at radius 3 is 2.95 bits per heavy atom. The summed E-state index contributed by atoms with van der Waals surface area (Å²) >= 11 is 0. The Hall–Kier alpha value is -1.68. The van der Waals surface area contributed by atoms with Crippen molar-refractivity contribution in [1.82, 2.24) is 20.3 Å². The van der Waals surface area contributed by atoms with Crippen molar-refractivity contribution < 1.29 is 0 Å². The standard InChI is InChI=1S/C16H22N4/c1-3-8-20-16(11-18-19-20)15-9-12(2)4-5-13(15)10-17-14-6-7-14/h4-5,9,11,14,17H,3,6-8,10H2,1-2H3. The number of aryl methyl sites for hydroxylation is 2. The topological polar surface area (TPSA) is 42.7 Å². The first-order valence-corrected chi connectivity index (χ1v) is 7.49. The Labute approximate surface area is 120 Å². The van der Waals surface area contributed by atoms with Crippen molar-refractivity contribution in [2.75, 3.05) is 0 Å². The average Bonchev–Trinajstić information content (AvgIpc) is 3.16. The smallest absolute Gasteiger partial charge is 0.0888 e. The Bertz CT molecular complexity index is 584. The first-order valence-electron chi connectivity index (χ1n) is 7.49.